The van der Waals surface area contributed by atoms with E-state index in [4.69, 9.17) is 4.74 Å². The minimum Gasteiger partial charge on any atom is -0.472 e. The summed E-state index contributed by atoms with van der Waals surface area (Å²) in [4.78, 5) is 11.5. The summed E-state index contributed by atoms with van der Waals surface area (Å²) >= 11 is 0. The summed E-state index contributed by atoms with van der Waals surface area (Å²) in [6.45, 7) is 1.85. The van der Waals surface area contributed by atoms with Crippen molar-refractivity contribution in [3.8, 4) is 0 Å². The molecule has 1 aliphatic carbocycles. The number of rotatable bonds is 1. The smallest absolute Gasteiger partial charge is 0.337 e. The zero-order valence-corrected chi connectivity index (χ0v) is 9.29. The van der Waals surface area contributed by atoms with Crippen molar-refractivity contribution in [3.63, 3.8) is 0 Å². The van der Waals surface area contributed by atoms with Crippen molar-refractivity contribution < 1.29 is 24.5 Å². The van der Waals surface area contributed by atoms with Crippen LogP contribution in [-0.4, -0.2) is 35.7 Å². The number of ether oxygens (including phenoxy) is 2. The summed E-state index contributed by atoms with van der Waals surface area (Å²) < 4.78 is 9.68. The minimum atomic E-state index is -0.953. The van der Waals surface area contributed by atoms with Crippen LogP contribution in [0.5, 0.6) is 0 Å². The van der Waals surface area contributed by atoms with E-state index in [2.05, 4.69) is 4.74 Å². The first-order valence-corrected chi connectivity index (χ1v) is 5.36. The summed E-state index contributed by atoms with van der Waals surface area (Å²) in [6, 6.07) is 0. The SMILES string of the molecule is COC(=O)C1=CO[C@@H](O)[C@H]2[C@@H](C)[C@@H](O)C[C@H]12. The fourth-order valence-corrected chi connectivity index (χ4v) is 2.69. The maximum absolute atomic E-state index is 11.5. The predicted octanol–water partition coefficient (Wildman–Crippen LogP) is 0.0250. The van der Waals surface area contributed by atoms with Gasteiger partial charge in [-0.15, -0.1) is 0 Å². The minimum absolute atomic E-state index is 0.0895. The third kappa shape index (κ3) is 1.60. The Morgan fingerprint density at radius 1 is 1.56 bits per heavy atom. The Balaban J connectivity index is 2.28. The van der Waals surface area contributed by atoms with Gasteiger partial charge in [-0.3, -0.25) is 0 Å². The molecule has 2 rings (SSSR count). The van der Waals surface area contributed by atoms with E-state index >= 15 is 0 Å². The number of aliphatic hydroxyl groups excluding tert-OH is 2. The molecule has 1 aliphatic heterocycles. The van der Waals surface area contributed by atoms with Gasteiger partial charge in [-0.05, 0) is 12.3 Å². The quantitative estimate of drug-likeness (QED) is 0.619. The molecule has 5 heteroatoms. The van der Waals surface area contributed by atoms with Gasteiger partial charge < -0.3 is 19.7 Å². The van der Waals surface area contributed by atoms with Gasteiger partial charge in [0.1, 0.15) is 0 Å². The second kappa shape index (κ2) is 4.07. The number of hydrogen-bond donors (Lipinski definition) is 2. The molecule has 2 aliphatic rings. The van der Waals surface area contributed by atoms with Crippen molar-refractivity contribution in [3.05, 3.63) is 11.8 Å². The van der Waals surface area contributed by atoms with Gasteiger partial charge >= 0.3 is 5.97 Å². The molecule has 16 heavy (non-hydrogen) atoms. The van der Waals surface area contributed by atoms with Gasteiger partial charge in [-0.25, -0.2) is 4.79 Å². The molecule has 1 heterocycles. The summed E-state index contributed by atoms with van der Waals surface area (Å²) in [5.41, 5.74) is 0.404. The first kappa shape index (κ1) is 11.4. The Bertz CT molecular complexity index is 324. The predicted molar refractivity (Wildman–Crippen MR) is 54.0 cm³/mol. The van der Waals surface area contributed by atoms with Crippen LogP contribution >= 0.6 is 0 Å². The van der Waals surface area contributed by atoms with Crippen LogP contribution in [0.3, 0.4) is 0 Å². The van der Waals surface area contributed by atoms with E-state index in [1.54, 1.807) is 0 Å². The van der Waals surface area contributed by atoms with E-state index in [1.165, 1.54) is 13.4 Å². The van der Waals surface area contributed by atoms with Crippen LogP contribution in [0.4, 0.5) is 0 Å². The Labute approximate surface area is 93.7 Å². The van der Waals surface area contributed by atoms with Gasteiger partial charge in [0.05, 0.1) is 25.0 Å². The van der Waals surface area contributed by atoms with E-state index in [0.29, 0.717) is 12.0 Å². The topological polar surface area (TPSA) is 76.0 Å². The highest BCUT2D eigenvalue weighted by Crippen LogP contribution is 2.45. The highest BCUT2D eigenvalue weighted by Gasteiger charge is 2.49. The lowest BCUT2D eigenvalue weighted by Crippen LogP contribution is -2.36. The molecule has 0 aromatic rings. The summed E-state index contributed by atoms with van der Waals surface area (Å²) in [5.74, 6) is -0.966. The van der Waals surface area contributed by atoms with Crippen LogP contribution < -0.4 is 0 Å². The molecular weight excluding hydrogens is 212 g/mol. The van der Waals surface area contributed by atoms with E-state index in [0.717, 1.165) is 0 Å². The number of methoxy groups -OCH3 is 1. The molecule has 0 aromatic heterocycles. The average Bonchev–Trinajstić information content (AvgIpc) is 2.56. The molecule has 5 atom stereocenters. The number of fused-ring (bicyclic) bond motifs is 1. The number of aliphatic hydroxyl groups is 2. The van der Waals surface area contributed by atoms with E-state index < -0.39 is 18.4 Å². The highest BCUT2D eigenvalue weighted by molar-refractivity contribution is 5.89. The van der Waals surface area contributed by atoms with Gasteiger partial charge in [0.25, 0.3) is 0 Å². The largest absolute Gasteiger partial charge is 0.472 e. The monoisotopic (exact) mass is 228 g/mol. The lowest BCUT2D eigenvalue weighted by molar-refractivity contribution is -0.145. The molecule has 1 saturated carbocycles. The molecule has 0 bridgehead atoms. The van der Waals surface area contributed by atoms with Crippen molar-refractivity contribution >= 4 is 5.97 Å². The molecular formula is C11H16O5. The number of esters is 1. The maximum atomic E-state index is 11.5. The van der Waals surface area contributed by atoms with E-state index in [9.17, 15) is 15.0 Å². The second-order valence-corrected chi connectivity index (χ2v) is 4.44. The first-order chi connectivity index (χ1) is 7.56. The van der Waals surface area contributed by atoms with Crippen molar-refractivity contribution in [2.75, 3.05) is 7.11 Å². The molecule has 0 spiro atoms. The van der Waals surface area contributed by atoms with E-state index in [1.807, 2.05) is 6.92 Å². The van der Waals surface area contributed by atoms with Crippen LogP contribution in [0.1, 0.15) is 13.3 Å². The third-order valence-corrected chi connectivity index (χ3v) is 3.66. The van der Waals surface area contributed by atoms with Gasteiger partial charge in [0, 0.05) is 11.8 Å². The molecule has 0 unspecified atom stereocenters. The molecule has 0 radical (unpaired) electrons. The van der Waals surface area contributed by atoms with Gasteiger partial charge in [-0.2, -0.15) is 0 Å². The first-order valence-electron chi connectivity index (χ1n) is 5.36. The van der Waals surface area contributed by atoms with Crippen LogP contribution in [0.25, 0.3) is 0 Å². The van der Waals surface area contributed by atoms with Crippen LogP contribution in [0.2, 0.25) is 0 Å². The van der Waals surface area contributed by atoms with Crippen molar-refractivity contribution in [2.45, 2.75) is 25.7 Å². The Hall–Kier alpha value is -1.07. The lowest BCUT2D eigenvalue weighted by Gasteiger charge is -2.31. The Kier molecular flexibility index (Phi) is 2.90. The second-order valence-electron chi connectivity index (χ2n) is 4.44. The van der Waals surface area contributed by atoms with Crippen LogP contribution in [0, 0.1) is 17.8 Å². The lowest BCUT2D eigenvalue weighted by atomic mass is 9.83. The average molecular weight is 228 g/mol. The molecule has 90 valence electrons. The molecule has 2 N–H and O–H groups in total. The zero-order chi connectivity index (χ0) is 11.9. The summed E-state index contributed by atoms with van der Waals surface area (Å²) in [5, 5.41) is 19.5. The summed E-state index contributed by atoms with van der Waals surface area (Å²) in [6.07, 6.45) is 0.250. The van der Waals surface area contributed by atoms with Crippen molar-refractivity contribution in [1.82, 2.24) is 0 Å². The Morgan fingerprint density at radius 2 is 2.25 bits per heavy atom. The fourth-order valence-electron chi connectivity index (χ4n) is 2.69. The van der Waals surface area contributed by atoms with E-state index in [-0.39, 0.29) is 17.8 Å². The van der Waals surface area contributed by atoms with Gasteiger partial charge in [0.15, 0.2) is 6.29 Å². The molecule has 0 saturated heterocycles. The fraction of sp³-hybridized carbons (Fsp3) is 0.727. The van der Waals surface area contributed by atoms with Crippen LogP contribution in [0.15, 0.2) is 11.8 Å². The highest BCUT2D eigenvalue weighted by atomic mass is 16.6. The molecule has 0 aromatic carbocycles. The molecule has 1 fully saturated rings. The molecule has 0 amide bonds. The van der Waals surface area contributed by atoms with Crippen molar-refractivity contribution in [2.24, 2.45) is 17.8 Å². The molecule has 5 nitrogen and oxygen atoms in total. The van der Waals surface area contributed by atoms with Gasteiger partial charge in [0.2, 0.25) is 0 Å². The van der Waals surface area contributed by atoms with Crippen LogP contribution in [-0.2, 0) is 14.3 Å². The number of carbonyl (C=O) groups excluding carboxylic acids is 1. The summed E-state index contributed by atoms with van der Waals surface area (Å²) in [7, 11) is 1.30. The number of carbonyl (C=O) groups is 1. The third-order valence-electron chi connectivity index (χ3n) is 3.66. The maximum Gasteiger partial charge on any atom is 0.337 e. The zero-order valence-electron chi connectivity index (χ0n) is 9.29. The van der Waals surface area contributed by atoms with Gasteiger partial charge in [-0.1, -0.05) is 6.92 Å². The Morgan fingerprint density at radius 3 is 2.88 bits per heavy atom. The standard InChI is InChI=1S/C11H16O5/c1-5-8(12)3-6-7(10(13)15-2)4-16-11(14)9(5)6/h4-6,8-9,11-12,14H,3H2,1-2H3/t5-,6+,8-,9-,11+/m0/s1. The normalized spacial score (nSPS) is 42.0. The van der Waals surface area contributed by atoms with Crippen molar-refractivity contribution in [1.29, 1.82) is 0 Å². The number of hydrogen-bond acceptors (Lipinski definition) is 5.